The van der Waals surface area contributed by atoms with E-state index in [2.05, 4.69) is 60.7 Å². The average Bonchev–Trinajstić information content (AvgIpc) is 2.40. The van der Waals surface area contributed by atoms with Gasteiger partial charge in [-0.1, -0.05) is 60.7 Å². The van der Waals surface area contributed by atoms with Crippen molar-refractivity contribution in [1.29, 1.82) is 0 Å². The van der Waals surface area contributed by atoms with E-state index < -0.39 is 0 Å². The highest BCUT2D eigenvalue weighted by molar-refractivity contribution is 5.24. The molecule has 2 aromatic carbocycles. The summed E-state index contributed by atoms with van der Waals surface area (Å²) in [5.74, 6) is 0.531. The van der Waals surface area contributed by atoms with E-state index in [-0.39, 0.29) is 0 Å². The van der Waals surface area contributed by atoms with Crippen molar-refractivity contribution in [3.8, 4) is 0 Å². The van der Waals surface area contributed by atoms with Gasteiger partial charge in [-0.15, -0.1) is 0 Å². The minimum absolute atomic E-state index is 0.531. The van der Waals surface area contributed by atoms with Crippen molar-refractivity contribution in [2.45, 2.75) is 18.8 Å². The monoisotopic (exact) mass is 225 g/mol. The molecule has 1 heteroatoms. The van der Waals surface area contributed by atoms with E-state index in [1.54, 1.807) is 0 Å². The second-order valence-corrected chi connectivity index (χ2v) is 4.37. The van der Waals surface area contributed by atoms with Crippen LogP contribution in [0.15, 0.2) is 60.7 Å². The van der Waals surface area contributed by atoms with Crippen molar-refractivity contribution in [1.82, 2.24) is 0 Å². The first kappa shape index (κ1) is 11.9. The third kappa shape index (κ3) is 3.43. The van der Waals surface area contributed by atoms with E-state index in [0.29, 0.717) is 5.92 Å². The van der Waals surface area contributed by atoms with Gasteiger partial charge in [-0.05, 0) is 36.4 Å². The van der Waals surface area contributed by atoms with Gasteiger partial charge >= 0.3 is 0 Å². The topological polar surface area (TPSA) is 26.0 Å². The Morgan fingerprint density at radius 2 is 1.41 bits per heavy atom. The van der Waals surface area contributed by atoms with Crippen molar-refractivity contribution in [2.24, 2.45) is 5.73 Å². The van der Waals surface area contributed by atoms with Crippen LogP contribution in [0.3, 0.4) is 0 Å². The summed E-state index contributed by atoms with van der Waals surface area (Å²) in [7, 11) is 0. The summed E-state index contributed by atoms with van der Waals surface area (Å²) in [5, 5.41) is 0. The van der Waals surface area contributed by atoms with Gasteiger partial charge in [0.25, 0.3) is 0 Å². The van der Waals surface area contributed by atoms with Gasteiger partial charge in [0.15, 0.2) is 0 Å². The standard InChI is InChI=1S/C16H19N/c17-12-11-16(15-9-5-2-6-10-15)13-14-7-3-1-4-8-14/h1-10,16H,11-13,17H2/t16-/m1/s1. The van der Waals surface area contributed by atoms with Crippen LogP contribution in [0, 0.1) is 0 Å². The second kappa shape index (κ2) is 6.21. The fraction of sp³-hybridized carbons (Fsp3) is 0.250. The Morgan fingerprint density at radius 1 is 0.824 bits per heavy atom. The highest BCUT2D eigenvalue weighted by Gasteiger charge is 2.10. The summed E-state index contributed by atoms with van der Waals surface area (Å²) in [6.07, 6.45) is 2.11. The Labute approximate surface area is 103 Å². The summed E-state index contributed by atoms with van der Waals surface area (Å²) in [5.41, 5.74) is 8.50. The van der Waals surface area contributed by atoms with Crippen LogP contribution in [-0.4, -0.2) is 6.54 Å². The van der Waals surface area contributed by atoms with Crippen molar-refractivity contribution >= 4 is 0 Å². The summed E-state index contributed by atoms with van der Waals surface area (Å²) >= 11 is 0. The van der Waals surface area contributed by atoms with Crippen LogP contribution in [0.2, 0.25) is 0 Å². The van der Waals surface area contributed by atoms with Gasteiger partial charge in [0.05, 0.1) is 0 Å². The summed E-state index contributed by atoms with van der Waals surface area (Å²) in [6.45, 7) is 0.742. The van der Waals surface area contributed by atoms with Gasteiger partial charge in [-0.3, -0.25) is 0 Å². The molecule has 0 heterocycles. The van der Waals surface area contributed by atoms with Gasteiger partial charge in [0.2, 0.25) is 0 Å². The predicted molar refractivity (Wildman–Crippen MR) is 73.0 cm³/mol. The van der Waals surface area contributed by atoms with Crippen molar-refractivity contribution < 1.29 is 0 Å². The normalized spacial score (nSPS) is 12.3. The Hall–Kier alpha value is -1.60. The molecular weight excluding hydrogens is 206 g/mol. The predicted octanol–water partition coefficient (Wildman–Crippen LogP) is 3.36. The van der Waals surface area contributed by atoms with E-state index in [9.17, 15) is 0 Å². The molecule has 0 aromatic heterocycles. The van der Waals surface area contributed by atoms with Crippen LogP contribution in [0.25, 0.3) is 0 Å². The minimum atomic E-state index is 0.531. The molecule has 17 heavy (non-hydrogen) atoms. The highest BCUT2D eigenvalue weighted by Crippen LogP contribution is 2.23. The lowest BCUT2D eigenvalue weighted by Gasteiger charge is -2.16. The zero-order valence-corrected chi connectivity index (χ0v) is 10.0. The third-order valence-electron chi connectivity index (χ3n) is 3.11. The molecule has 0 saturated carbocycles. The van der Waals surface area contributed by atoms with Crippen molar-refractivity contribution in [3.63, 3.8) is 0 Å². The maximum absolute atomic E-state index is 5.72. The first-order valence-electron chi connectivity index (χ1n) is 6.19. The smallest absolute Gasteiger partial charge is 0.00713 e. The molecule has 88 valence electrons. The Bertz CT molecular complexity index is 422. The summed E-state index contributed by atoms with van der Waals surface area (Å²) in [6, 6.07) is 21.3. The second-order valence-electron chi connectivity index (χ2n) is 4.37. The molecule has 0 unspecified atom stereocenters. The number of rotatable bonds is 5. The van der Waals surface area contributed by atoms with E-state index in [1.807, 2.05) is 0 Å². The molecule has 0 aliphatic heterocycles. The molecule has 2 rings (SSSR count). The van der Waals surface area contributed by atoms with Gasteiger partial charge < -0.3 is 5.73 Å². The zero-order valence-electron chi connectivity index (χ0n) is 10.0. The molecule has 0 aliphatic carbocycles. The van der Waals surface area contributed by atoms with Gasteiger partial charge in [0.1, 0.15) is 0 Å². The fourth-order valence-electron chi connectivity index (χ4n) is 2.21. The molecule has 2 aromatic rings. The number of nitrogens with two attached hydrogens (primary N) is 1. The quantitative estimate of drug-likeness (QED) is 0.829. The lowest BCUT2D eigenvalue weighted by molar-refractivity contribution is 0.630. The average molecular weight is 225 g/mol. The maximum atomic E-state index is 5.72. The molecular formula is C16H19N. The summed E-state index contributed by atoms with van der Waals surface area (Å²) in [4.78, 5) is 0. The Morgan fingerprint density at radius 3 is 2.00 bits per heavy atom. The maximum Gasteiger partial charge on any atom is -0.00713 e. The Balaban J connectivity index is 2.13. The van der Waals surface area contributed by atoms with Crippen LogP contribution in [-0.2, 0) is 6.42 Å². The molecule has 0 saturated heterocycles. The Kier molecular flexibility index (Phi) is 4.34. The molecule has 0 bridgehead atoms. The van der Waals surface area contributed by atoms with Gasteiger partial charge in [-0.25, -0.2) is 0 Å². The molecule has 0 spiro atoms. The van der Waals surface area contributed by atoms with Crippen molar-refractivity contribution in [3.05, 3.63) is 71.8 Å². The minimum Gasteiger partial charge on any atom is -0.330 e. The number of hydrogen-bond donors (Lipinski definition) is 1. The highest BCUT2D eigenvalue weighted by atomic mass is 14.5. The molecule has 0 amide bonds. The fourth-order valence-corrected chi connectivity index (χ4v) is 2.21. The number of hydrogen-bond acceptors (Lipinski definition) is 1. The molecule has 2 N–H and O–H groups in total. The lowest BCUT2D eigenvalue weighted by Crippen LogP contribution is -2.09. The lowest BCUT2D eigenvalue weighted by atomic mass is 9.89. The molecule has 0 fully saturated rings. The van der Waals surface area contributed by atoms with E-state index in [0.717, 1.165) is 19.4 Å². The molecule has 1 nitrogen and oxygen atoms in total. The van der Waals surface area contributed by atoms with Gasteiger partial charge in [0, 0.05) is 0 Å². The zero-order chi connectivity index (χ0) is 11.9. The third-order valence-corrected chi connectivity index (χ3v) is 3.11. The molecule has 0 radical (unpaired) electrons. The van der Waals surface area contributed by atoms with Crippen LogP contribution >= 0.6 is 0 Å². The van der Waals surface area contributed by atoms with Crippen LogP contribution in [0.1, 0.15) is 23.5 Å². The first-order chi connectivity index (χ1) is 8.40. The van der Waals surface area contributed by atoms with E-state index >= 15 is 0 Å². The number of benzene rings is 2. The summed E-state index contributed by atoms with van der Waals surface area (Å²) < 4.78 is 0. The molecule has 1 atom stereocenters. The van der Waals surface area contributed by atoms with E-state index in [4.69, 9.17) is 5.73 Å². The van der Waals surface area contributed by atoms with Crippen LogP contribution in [0.5, 0.6) is 0 Å². The molecule has 0 aliphatic rings. The van der Waals surface area contributed by atoms with E-state index in [1.165, 1.54) is 11.1 Å². The SMILES string of the molecule is NCC[C@H](Cc1ccccc1)c1ccccc1. The van der Waals surface area contributed by atoms with Crippen LogP contribution in [0.4, 0.5) is 0 Å². The van der Waals surface area contributed by atoms with Crippen LogP contribution < -0.4 is 5.73 Å². The van der Waals surface area contributed by atoms with Gasteiger partial charge in [-0.2, -0.15) is 0 Å². The largest absolute Gasteiger partial charge is 0.330 e. The van der Waals surface area contributed by atoms with Crippen molar-refractivity contribution in [2.75, 3.05) is 6.54 Å². The first-order valence-corrected chi connectivity index (χ1v) is 6.19.